The van der Waals surface area contributed by atoms with E-state index in [0.29, 0.717) is 5.92 Å². The lowest BCUT2D eigenvalue weighted by atomic mass is 9.74. The largest absolute Gasteiger partial charge is 0.354 e. The van der Waals surface area contributed by atoms with Crippen LogP contribution >= 0.6 is 0 Å². The van der Waals surface area contributed by atoms with E-state index >= 15 is 0 Å². The molecule has 0 radical (unpaired) electrons. The molecule has 0 bridgehead atoms. The Kier molecular flexibility index (Phi) is 4.75. The molecule has 3 heteroatoms. The highest BCUT2D eigenvalue weighted by molar-refractivity contribution is 5.39. The fourth-order valence-corrected chi connectivity index (χ4v) is 2.86. The van der Waals surface area contributed by atoms with Gasteiger partial charge in [0.05, 0.1) is 6.04 Å². The molecule has 1 aromatic rings. The van der Waals surface area contributed by atoms with Crippen LogP contribution in [0, 0.1) is 0 Å². The Morgan fingerprint density at radius 1 is 1.28 bits per heavy atom. The molecule has 0 saturated heterocycles. The quantitative estimate of drug-likeness (QED) is 0.752. The molecule has 1 aliphatic carbocycles. The van der Waals surface area contributed by atoms with Gasteiger partial charge in [-0.15, -0.1) is 0 Å². The van der Waals surface area contributed by atoms with Gasteiger partial charge in [0.25, 0.3) is 0 Å². The van der Waals surface area contributed by atoms with E-state index in [1.807, 2.05) is 0 Å². The van der Waals surface area contributed by atoms with Crippen LogP contribution in [0.2, 0.25) is 0 Å². The lowest BCUT2D eigenvalue weighted by molar-refractivity contribution is -0.125. The molecule has 1 aromatic carbocycles. The average molecular weight is 249 g/mol. The lowest BCUT2D eigenvalue weighted by Gasteiger charge is -2.35. The van der Waals surface area contributed by atoms with Crippen LogP contribution in [0.15, 0.2) is 24.3 Å². The van der Waals surface area contributed by atoms with Crippen LogP contribution < -0.4 is 5.32 Å². The summed E-state index contributed by atoms with van der Waals surface area (Å²) in [5.74, 6) is 0.637. The zero-order valence-corrected chi connectivity index (χ0v) is 11.5. The zero-order valence-electron chi connectivity index (χ0n) is 11.5. The highest BCUT2D eigenvalue weighted by atomic mass is 16.7. The third-order valence-electron chi connectivity index (χ3n) is 3.76. The zero-order chi connectivity index (χ0) is 13.0. The maximum absolute atomic E-state index is 5.39. The molecule has 0 aliphatic heterocycles. The molecule has 2 rings (SSSR count). The van der Waals surface area contributed by atoms with Crippen molar-refractivity contribution in [1.29, 1.82) is 0 Å². The first-order chi connectivity index (χ1) is 8.80. The van der Waals surface area contributed by atoms with Crippen LogP contribution in [0.5, 0.6) is 0 Å². The molecule has 2 unspecified atom stereocenters. The molecule has 3 nitrogen and oxygen atoms in total. The second-order valence-corrected chi connectivity index (χ2v) is 4.84. The first-order valence-corrected chi connectivity index (χ1v) is 6.66. The van der Waals surface area contributed by atoms with Gasteiger partial charge in [-0.25, -0.2) is 0 Å². The third kappa shape index (κ3) is 2.74. The van der Waals surface area contributed by atoms with Crippen molar-refractivity contribution in [2.75, 3.05) is 20.8 Å². The summed E-state index contributed by atoms with van der Waals surface area (Å²) in [6.45, 7) is 3.05. The van der Waals surface area contributed by atoms with Crippen LogP contribution in [-0.4, -0.2) is 33.1 Å². The molecule has 1 aliphatic rings. The first kappa shape index (κ1) is 13.5. The molecule has 0 fully saturated rings. The van der Waals surface area contributed by atoms with Crippen LogP contribution in [0.3, 0.4) is 0 Å². The van der Waals surface area contributed by atoms with Gasteiger partial charge in [-0.1, -0.05) is 31.2 Å². The van der Waals surface area contributed by atoms with Gasteiger partial charge >= 0.3 is 0 Å². The van der Waals surface area contributed by atoms with Crippen molar-refractivity contribution < 1.29 is 9.47 Å². The fourth-order valence-electron chi connectivity index (χ4n) is 2.86. The Balaban J connectivity index is 1.99. The summed E-state index contributed by atoms with van der Waals surface area (Å²) in [6.07, 6.45) is 2.08. The molecule has 0 aromatic heterocycles. The number of nitrogens with one attached hydrogen (secondary N) is 1. The molecule has 100 valence electrons. The Hall–Kier alpha value is -0.900. The van der Waals surface area contributed by atoms with Crippen molar-refractivity contribution in [2.45, 2.75) is 38.0 Å². The highest BCUT2D eigenvalue weighted by Gasteiger charge is 2.31. The molecular weight excluding hydrogens is 226 g/mol. The standard InChI is InChI=1S/C15H23NO2/c1-4-16-14(15(17-2)18-3)10-12-9-11-7-5-6-8-13(11)12/h5-8,12,14-16H,4,9-10H2,1-3H3. The topological polar surface area (TPSA) is 30.5 Å². The minimum Gasteiger partial charge on any atom is -0.354 e. The Labute approximate surface area is 109 Å². The summed E-state index contributed by atoms with van der Waals surface area (Å²) in [6, 6.07) is 8.95. The molecule has 0 saturated carbocycles. The van der Waals surface area contributed by atoms with E-state index in [4.69, 9.17) is 9.47 Å². The number of hydrogen-bond acceptors (Lipinski definition) is 3. The van der Waals surface area contributed by atoms with Gasteiger partial charge < -0.3 is 14.8 Å². The maximum atomic E-state index is 5.39. The van der Waals surface area contributed by atoms with E-state index in [-0.39, 0.29) is 12.3 Å². The molecule has 2 atom stereocenters. The number of ether oxygens (including phenoxy) is 2. The predicted octanol–water partition coefficient (Wildman–Crippen LogP) is 2.31. The summed E-state index contributed by atoms with van der Waals surface area (Å²) in [4.78, 5) is 0. The molecule has 18 heavy (non-hydrogen) atoms. The van der Waals surface area contributed by atoms with Crippen LogP contribution in [0.1, 0.15) is 30.4 Å². The van der Waals surface area contributed by atoms with Crippen LogP contribution in [-0.2, 0) is 15.9 Å². The van der Waals surface area contributed by atoms with Crippen LogP contribution in [0.4, 0.5) is 0 Å². The molecule has 0 amide bonds. The van der Waals surface area contributed by atoms with Gasteiger partial charge in [0.1, 0.15) is 0 Å². The van der Waals surface area contributed by atoms with Crippen molar-refractivity contribution in [3.8, 4) is 0 Å². The van der Waals surface area contributed by atoms with Gasteiger partial charge in [-0.05, 0) is 36.4 Å². The maximum Gasteiger partial charge on any atom is 0.172 e. The fraction of sp³-hybridized carbons (Fsp3) is 0.600. The third-order valence-corrected chi connectivity index (χ3v) is 3.76. The van der Waals surface area contributed by atoms with Gasteiger partial charge in [-0.3, -0.25) is 0 Å². The van der Waals surface area contributed by atoms with E-state index in [1.54, 1.807) is 14.2 Å². The minimum atomic E-state index is -0.169. The molecule has 1 N–H and O–H groups in total. The van der Waals surface area contributed by atoms with Crippen molar-refractivity contribution in [3.63, 3.8) is 0 Å². The molecule has 0 heterocycles. The van der Waals surface area contributed by atoms with Crippen molar-refractivity contribution in [3.05, 3.63) is 35.4 Å². The minimum absolute atomic E-state index is 0.169. The number of fused-ring (bicyclic) bond motifs is 1. The van der Waals surface area contributed by atoms with Crippen molar-refractivity contribution >= 4 is 0 Å². The Bertz CT molecular complexity index is 377. The first-order valence-electron chi connectivity index (χ1n) is 6.66. The lowest BCUT2D eigenvalue weighted by Crippen LogP contribution is -2.44. The highest BCUT2D eigenvalue weighted by Crippen LogP contribution is 2.38. The molecular formula is C15H23NO2. The predicted molar refractivity (Wildman–Crippen MR) is 72.8 cm³/mol. The second-order valence-electron chi connectivity index (χ2n) is 4.84. The second kappa shape index (κ2) is 6.32. The van der Waals surface area contributed by atoms with Gasteiger partial charge in [0.2, 0.25) is 0 Å². The van der Waals surface area contributed by atoms with Gasteiger partial charge in [-0.2, -0.15) is 0 Å². The monoisotopic (exact) mass is 249 g/mol. The van der Waals surface area contributed by atoms with E-state index in [9.17, 15) is 0 Å². The smallest absolute Gasteiger partial charge is 0.172 e. The van der Waals surface area contributed by atoms with Gasteiger partial charge in [0.15, 0.2) is 6.29 Å². The Morgan fingerprint density at radius 3 is 2.61 bits per heavy atom. The van der Waals surface area contributed by atoms with Crippen LogP contribution in [0.25, 0.3) is 0 Å². The van der Waals surface area contributed by atoms with Crippen molar-refractivity contribution in [1.82, 2.24) is 5.32 Å². The SMILES string of the molecule is CCNC(CC1Cc2ccccc21)C(OC)OC. The van der Waals surface area contributed by atoms with Gasteiger partial charge in [0, 0.05) is 14.2 Å². The van der Waals surface area contributed by atoms with E-state index in [2.05, 4.69) is 36.5 Å². The number of benzene rings is 1. The van der Waals surface area contributed by atoms with E-state index in [1.165, 1.54) is 17.5 Å². The summed E-state index contributed by atoms with van der Waals surface area (Å²) in [7, 11) is 3.40. The number of rotatable bonds is 7. The van der Waals surface area contributed by atoms with Crippen molar-refractivity contribution in [2.24, 2.45) is 0 Å². The Morgan fingerprint density at radius 2 is 2.00 bits per heavy atom. The average Bonchev–Trinajstić information content (AvgIpc) is 2.37. The summed E-state index contributed by atoms with van der Waals surface area (Å²) in [5, 5.41) is 3.46. The number of likely N-dealkylation sites (N-methyl/N-ethyl adjacent to an activating group) is 1. The van der Waals surface area contributed by atoms with E-state index < -0.39 is 0 Å². The molecule has 0 spiro atoms. The summed E-state index contributed by atoms with van der Waals surface area (Å²) >= 11 is 0. The van der Waals surface area contributed by atoms with E-state index in [0.717, 1.165) is 13.0 Å². The number of methoxy groups -OCH3 is 2. The normalized spacial score (nSPS) is 19.4. The summed E-state index contributed by atoms with van der Waals surface area (Å²) in [5.41, 5.74) is 2.98. The summed E-state index contributed by atoms with van der Waals surface area (Å²) < 4.78 is 10.8. The number of hydrogen-bond donors (Lipinski definition) is 1.